The van der Waals surface area contributed by atoms with Crippen molar-refractivity contribution in [3.8, 4) is 0 Å². The molecule has 6 nitrogen and oxygen atoms in total. The predicted octanol–water partition coefficient (Wildman–Crippen LogP) is 2.72. The van der Waals surface area contributed by atoms with Gasteiger partial charge in [0.15, 0.2) is 0 Å². The molecule has 0 saturated carbocycles. The molecule has 22 heavy (non-hydrogen) atoms. The van der Waals surface area contributed by atoms with Crippen LogP contribution in [0.2, 0.25) is 0 Å². The number of nitrogens with zero attached hydrogens (tertiary/aromatic N) is 4. The van der Waals surface area contributed by atoms with Gasteiger partial charge in [0.2, 0.25) is 5.91 Å². The fourth-order valence-corrected chi connectivity index (χ4v) is 3.26. The number of carbonyl (C=O) groups excluding carboxylic acids is 1. The summed E-state index contributed by atoms with van der Waals surface area (Å²) in [4.78, 5) is 14.8. The Morgan fingerprint density at radius 3 is 2.73 bits per heavy atom. The molecule has 118 valence electrons. The van der Waals surface area contributed by atoms with Gasteiger partial charge in [-0.25, -0.2) is 0 Å². The Morgan fingerprint density at radius 2 is 2.14 bits per heavy atom. The lowest BCUT2D eigenvalue weighted by Crippen LogP contribution is -2.36. The highest BCUT2D eigenvalue weighted by atomic mass is 16.5. The molecule has 0 spiro atoms. The van der Waals surface area contributed by atoms with E-state index in [1.54, 1.807) is 4.68 Å². The maximum absolute atomic E-state index is 12.9. The lowest BCUT2D eigenvalue weighted by atomic mass is 10.1. The van der Waals surface area contributed by atoms with E-state index in [2.05, 4.69) is 10.3 Å². The molecule has 2 aromatic heterocycles. The van der Waals surface area contributed by atoms with E-state index in [0.29, 0.717) is 0 Å². The van der Waals surface area contributed by atoms with Crippen LogP contribution in [0.5, 0.6) is 0 Å². The van der Waals surface area contributed by atoms with Crippen molar-refractivity contribution in [1.29, 1.82) is 0 Å². The van der Waals surface area contributed by atoms with Crippen LogP contribution in [0, 0.1) is 20.8 Å². The van der Waals surface area contributed by atoms with Crippen molar-refractivity contribution in [2.45, 2.75) is 52.6 Å². The van der Waals surface area contributed by atoms with E-state index in [4.69, 9.17) is 4.52 Å². The average molecular weight is 302 g/mol. The summed E-state index contributed by atoms with van der Waals surface area (Å²) in [6.45, 7) is 8.46. The Balaban J connectivity index is 1.83. The fourth-order valence-electron chi connectivity index (χ4n) is 3.26. The summed E-state index contributed by atoms with van der Waals surface area (Å²) in [5.41, 5.74) is 2.79. The number of hydrogen-bond acceptors (Lipinski definition) is 4. The molecule has 3 rings (SSSR count). The zero-order chi connectivity index (χ0) is 15.9. The number of likely N-dealkylation sites (tertiary alicyclic amines) is 1. The Kier molecular flexibility index (Phi) is 3.76. The molecule has 1 fully saturated rings. The Morgan fingerprint density at radius 1 is 1.36 bits per heavy atom. The molecule has 2 atom stereocenters. The van der Waals surface area contributed by atoms with E-state index in [1.165, 1.54) is 0 Å². The normalized spacial score (nSPS) is 19.6. The maximum atomic E-state index is 12.9. The zero-order valence-corrected chi connectivity index (χ0v) is 13.5. The predicted molar refractivity (Wildman–Crippen MR) is 81.3 cm³/mol. The zero-order valence-electron chi connectivity index (χ0n) is 13.5. The van der Waals surface area contributed by atoms with E-state index in [1.807, 2.05) is 44.7 Å². The number of rotatable bonds is 3. The van der Waals surface area contributed by atoms with Crippen LogP contribution in [-0.2, 0) is 4.79 Å². The standard InChI is InChI=1S/C16H22N4O2/c1-10-8-11(2)20(17-10)13(4)16(21)19-7-5-6-15(19)14-9-12(3)22-18-14/h8-9,13,15H,5-7H2,1-4H3/t13-,15-/m1/s1. The van der Waals surface area contributed by atoms with Crippen LogP contribution < -0.4 is 0 Å². The summed E-state index contributed by atoms with van der Waals surface area (Å²) in [6, 6.07) is 3.63. The highest BCUT2D eigenvalue weighted by Crippen LogP contribution is 2.33. The van der Waals surface area contributed by atoms with Gasteiger partial charge in [-0.3, -0.25) is 9.48 Å². The molecule has 0 aliphatic carbocycles. The molecule has 1 aliphatic heterocycles. The van der Waals surface area contributed by atoms with Gasteiger partial charge in [-0.1, -0.05) is 5.16 Å². The van der Waals surface area contributed by atoms with E-state index < -0.39 is 0 Å². The number of hydrogen-bond donors (Lipinski definition) is 0. The third kappa shape index (κ3) is 2.53. The van der Waals surface area contributed by atoms with Crippen LogP contribution in [0.4, 0.5) is 0 Å². The summed E-state index contributed by atoms with van der Waals surface area (Å²) in [6.07, 6.45) is 1.92. The molecule has 3 heterocycles. The van der Waals surface area contributed by atoms with E-state index in [9.17, 15) is 4.79 Å². The van der Waals surface area contributed by atoms with Crippen molar-refractivity contribution in [3.05, 3.63) is 35.0 Å². The van der Waals surface area contributed by atoms with Crippen LogP contribution in [-0.4, -0.2) is 32.3 Å². The minimum atomic E-state index is -0.303. The summed E-state index contributed by atoms with van der Waals surface area (Å²) in [7, 11) is 0. The second-order valence-corrected chi connectivity index (χ2v) is 6.10. The van der Waals surface area contributed by atoms with Crippen molar-refractivity contribution >= 4 is 5.91 Å². The van der Waals surface area contributed by atoms with Crippen LogP contribution in [0.15, 0.2) is 16.7 Å². The van der Waals surface area contributed by atoms with Gasteiger partial charge in [0.05, 0.1) is 11.7 Å². The Bertz CT molecular complexity index is 688. The fraction of sp³-hybridized carbons (Fsp3) is 0.562. The third-order valence-electron chi connectivity index (χ3n) is 4.29. The highest BCUT2D eigenvalue weighted by molar-refractivity contribution is 5.80. The van der Waals surface area contributed by atoms with Crippen molar-refractivity contribution < 1.29 is 9.32 Å². The molecule has 0 aromatic carbocycles. The van der Waals surface area contributed by atoms with Crippen LogP contribution in [0.25, 0.3) is 0 Å². The summed E-state index contributed by atoms with van der Waals surface area (Å²) >= 11 is 0. The second kappa shape index (κ2) is 5.59. The molecular formula is C16H22N4O2. The largest absolute Gasteiger partial charge is 0.361 e. The summed E-state index contributed by atoms with van der Waals surface area (Å²) in [5, 5.41) is 8.53. The minimum absolute atomic E-state index is 0.0179. The number of aromatic nitrogens is 3. The minimum Gasteiger partial charge on any atom is -0.361 e. The first-order chi connectivity index (χ1) is 10.5. The van der Waals surface area contributed by atoms with Crippen LogP contribution >= 0.6 is 0 Å². The monoisotopic (exact) mass is 302 g/mol. The first-order valence-corrected chi connectivity index (χ1v) is 7.74. The molecule has 0 radical (unpaired) electrons. The number of carbonyl (C=O) groups is 1. The molecule has 0 unspecified atom stereocenters. The van der Waals surface area contributed by atoms with Gasteiger partial charge in [-0.15, -0.1) is 0 Å². The SMILES string of the molecule is Cc1cc(C)n([C@H](C)C(=O)N2CCC[C@@H]2c2cc(C)on2)n1. The smallest absolute Gasteiger partial charge is 0.247 e. The number of aryl methyl sites for hydroxylation is 3. The molecule has 1 aliphatic rings. The molecular weight excluding hydrogens is 280 g/mol. The molecule has 1 saturated heterocycles. The van der Waals surface area contributed by atoms with Crippen LogP contribution in [0.1, 0.15) is 54.7 Å². The first-order valence-electron chi connectivity index (χ1n) is 7.74. The lowest BCUT2D eigenvalue weighted by molar-refractivity contribution is -0.135. The quantitative estimate of drug-likeness (QED) is 0.874. The first kappa shape index (κ1) is 14.8. The van der Waals surface area contributed by atoms with Gasteiger partial charge in [0, 0.05) is 18.3 Å². The lowest BCUT2D eigenvalue weighted by Gasteiger charge is -2.26. The van der Waals surface area contributed by atoms with Crippen molar-refractivity contribution in [2.75, 3.05) is 6.54 Å². The van der Waals surface area contributed by atoms with Gasteiger partial charge in [0.25, 0.3) is 0 Å². The second-order valence-electron chi connectivity index (χ2n) is 6.10. The van der Waals surface area contributed by atoms with Gasteiger partial charge < -0.3 is 9.42 Å². The molecule has 0 N–H and O–H groups in total. The van der Waals surface area contributed by atoms with Gasteiger partial charge in [0.1, 0.15) is 17.5 Å². The van der Waals surface area contributed by atoms with E-state index >= 15 is 0 Å². The van der Waals surface area contributed by atoms with E-state index in [-0.39, 0.29) is 18.0 Å². The Hall–Kier alpha value is -2.11. The van der Waals surface area contributed by atoms with Crippen LogP contribution in [0.3, 0.4) is 0 Å². The summed E-state index contributed by atoms with van der Waals surface area (Å²) < 4.78 is 6.97. The third-order valence-corrected chi connectivity index (χ3v) is 4.29. The molecule has 0 bridgehead atoms. The Labute approximate surface area is 130 Å². The average Bonchev–Trinajstić information content (AvgIpc) is 3.17. The van der Waals surface area contributed by atoms with E-state index in [0.717, 1.165) is 42.2 Å². The van der Waals surface area contributed by atoms with Crippen molar-refractivity contribution in [2.24, 2.45) is 0 Å². The maximum Gasteiger partial charge on any atom is 0.247 e. The van der Waals surface area contributed by atoms with Crippen molar-refractivity contribution in [3.63, 3.8) is 0 Å². The molecule has 6 heteroatoms. The topological polar surface area (TPSA) is 64.2 Å². The van der Waals surface area contributed by atoms with Gasteiger partial charge in [-0.2, -0.15) is 5.10 Å². The molecule has 1 amide bonds. The summed E-state index contributed by atoms with van der Waals surface area (Å²) in [5.74, 6) is 0.871. The highest BCUT2D eigenvalue weighted by Gasteiger charge is 2.35. The molecule has 2 aromatic rings. The van der Waals surface area contributed by atoms with Crippen molar-refractivity contribution in [1.82, 2.24) is 19.8 Å². The van der Waals surface area contributed by atoms with Gasteiger partial charge in [-0.05, 0) is 46.6 Å². The van der Waals surface area contributed by atoms with Gasteiger partial charge >= 0.3 is 0 Å². The number of amides is 1.